The number of carbonyl (C=O) groups is 1. The van der Waals surface area contributed by atoms with Crippen molar-refractivity contribution in [3.05, 3.63) is 83.8 Å². The lowest BCUT2D eigenvalue weighted by Crippen LogP contribution is -2.19. The van der Waals surface area contributed by atoms with Crippen LogP contribution < -0.4 is 5.32 Å². The highest BCUT2D eigenvalue weighted by atomic mass is 35.5. The summed E-state index contributed by atoms with van der Waals surface area (Å²) < 4.78 is 6.74. The lowest BCUT2D eigenvalue weighted by Gasteiger charge is -2.10. The van der Waals surface area contributed by atoms with Crippen LogP contribution in [0.1, 0.15) is 5.76 Å². The maximum Gasteiger partial charge on any atom is 0.274 e. The number of benzene rings is 2. The van der Waals surface area contributed by atoms with Gasteiger partial charge in [-0.3, -0.25) is 4.79 Å². The molecule has 1 amide bonds. The third-order valence-electron chi connectivity index (χ3n) is 3.87. The highest BCUT2D eigenvalue weighted by molar-refractivity contribution is 6.31. The fourth-order valence-electron chi connectivity index (χ4n) is 2.61. The number of hydrogen-bond acceptors (Lipinski definition) is 5. The van der Waals surface area contributed by atoms with E-state index < -0.39 is 5.91 Å². The van der Waals surface area contributed by atoms with Crippen molar-refractivity contribution in [1.82, 2.24) is 20.2 Å². The zero-order chi connectivity index (χ0) is 19.3. The van der Waals surface area contributed by atoms with Crippen molar-refractivity contribution >= 4 is 35.0 Å². The molecule has 0 unspecified atom stereocenters. The molecule has 2 heterocycles. The van der Waals surface area contributed by atoms with Gasteiger partial charge in [0.25, 0.3) is 5.91 Å². The maximum absolute atomic E-state index is 13.1. The second-order valence-electron chi connectivity index (χ2n) is 5.79. The van der Waals surface area contributed by atoms with Crippen molar-refractivity contribution in [1.29, 1.82) is 0 Å². The van der Waals surface area contributed by atoms with Crippen molar-refractivity contribution in [3.63, 3.8) is 0 Å². The number of furan rings is 1. The molecule has 0 bridgehead atoms. The van der Waals surface area contributed by atoms with Crippen LogP contribution in [-0.2, 0) is 4.79 Å². The molecule has 0 aliphatic heterocycles. The predicted octanol–water partition coefficient (Wildman–Crippen LogP) is 4.22. The van der Waals surface area contributed by atoms with Gasteiger partial charge < -0.3 is 9.73 Å². The minimum atomic E-state index is -0.414. The SMILES string of the molecule is O=C(Nc1cccc(Cl)c1)/C(=C/c1ccco1)n1nnnc1-c1ccccc1. The zero-order valence-electron chi connectivity index (χ0n) is 14.5. The molecule has 0 fully saturated rings. The molecule has 28 heavy (non-hydrogen) atoms. The highest BCUT2D eigenvalue weighted by Crippen LogP contribution is 2.22. The van der Waals surface area contributed by atoms with Crippen molar-refractivity contribution in [2.24, 2.45) is 0 Å². The van der Waals surface area contributed by atoms with Gasteiger partial charge in [0, 0.05) is 22.3 Å². The van der Waals surface area contributed by atoms with Crippen molar-refractivity contribution in [3.8, 4) is 11.4 Å². The molecule has 0 aliphatic rings. The number of tetrazole rings is 1. The van der Waals surface area contributed by atoms with E-state index >= 15 is 0 Å². The van der Waals surface area contributed by atoms with Gasteiger partial charge in [-0.15, -0.1) is 5.10 Å². The third-order valence-corrected chi connectivity index (χ3v) is 4.10. The Bertz CT molecular complexity index is 1120. The van der Waals surface area contributed by atoms with E-state index in [1.807, 2.05) is 30.3 Å². The van der Waals surface area contributed by atoms with Gasteiger partial charge in [-0.25, -0.2) is 0 Å². The summed E-state index contributed by atoms with van der Waals surface area (Å²) in [7, 11) is 0. The van der Waals surface area contributed by atoms with E-state index in [-0.39, 0.29) is 5.70 Å². The summed E-state index contributed by atoms with van der Waals surface area (Å²) in [4.78, 5) is 13.1. The number of nitrogens with one attached hydrogen (secondary N) is 1. The van der Waals surface area contributed by atoms with Crippen LogP contribution in [0.25, 0.3) is 23.2 Å². The predicted molar refractivity (Wildman–Crippen MR) is 106 cm³/mol. The number of rotatable bonds is 5. The third kappa shape index (κ3) is 3.84. The largest absolute Gasteiger partial charge is 0.465 e. The van der Waals surface area contributed by atoms with Crippen LogP contribution in [0.15, 0.2) is 77.4 Å². The van der Waals surface area contributed by atoms with Crippen LogP contribution >= 0.6 is 11.6 Å². The number of aromatic nitrogens is 4. The van der Waals surface area contributed by atoms with Crippen LogP contribution in [-0.4, -0.2) is 26.1 Å². The van der Waals surface area contributed by atoms with Gasteiger partial charge in [-0.1, -0.05) is 48.0 Å². The van der Waals surface area contributed by atoms with E-state index in [9.17, 15) is 4.79 Å². The molecule has 138 valence electrons. The van der Waals surface area contributed by atoms with Gasteiger partial charge in [-0.2, -0.15) is 4.68 Å². The number of nitrogens with zero attached hydrogens (tertiary/aromatic N) is 4. The van der Waals surface area contributed by atoms with E-state index in [0.717, 1.165) is 5.56 Å². The summed E-state index contributed by atoms with van der Waals surface area (Å²) in [6.07, 6.45) is 3.10. The molecule has 0 atom stereocenters. The standard InChI is InChI=1S/C20H14ClN5O2/c21-15-8-4-9-16(12-15)22-20(27)18(13-17-10-5-11-28-17)26-19(23-24-25-26)14-6-2-1-3-7-14/h1-13H,(H,22,27)/b18-13-. The molecule has 4 rings (SSSR count). The van der Waals surface area contributed by atoms with Crippen LogP contribution in [0.4, 0.5) is 5.69 Å². The minimum absolute atomic E-state index is 0.193. The highest BCUT2D eigenvalue weighted by Gasteiger charge is 2.20. The van der Waals surface area contributed by atoms with Crippen molar-refractivity contribution in [2.75, 3.05) is 5.32 Å². The first kappa shape index (κ1) is 17.7. The number of hydrogen-bond donors (Lipinski definition) is 1. The van der Waals surface area contributed by atoms with E-state index in [0.29, 0.717) is 22.3 Å². The fraction of sp³-hybridized carbons (Fsp3) is 0. The van der Waals surface area contributed by atoms with Crippen LogP contribution in [0.3, 0.4) is 0 Å². The number of amides is 1. The molecule has 0 radical (unpaired) electrons. The molecule has 1 N–H and O–H groups in total. The number of halogens is 1. The van der Waals surface area contributed by atoms with Gasteiger partial charge in [0.2, 0.25) is 0 Å². The summed E-state index contributed by atoms with van der Waals surface area (Å²) in [6.45, 7) is 0. The molecule has 0 saturated carbocycles. The van der Waals surface area contributed by atoms with Crippen molar-refractivity contribution in [2.45, 2.75) is 0 Å². The van der Waals surface area contributed by atoms with E-state index in [1.54, 1.807) is 42.5 Å². The quantitative estimate of drug-likeness (QED) is 0.515. The van der Waals surface area contributed by atoms with Crippen LogP contribution in [0.5, 0.6) is 0 Å². The fourth-order valence-corrected chi connectivity index (χ4v) is 2.80. The molecule has 2 aromatic carbocycles. The molecule has 0 spiro atoms. The Hall–Kier alpha value is -3.71. The Morgan fingerprint density at radius 1 is 1.07 bits per heavy atom. The molecule has 4 aromatic rings. The van der Waals surface area contributed by atoms with Gasteiger partial charge in [0.15, 0.2) is 5.82 Å². The van der Waals surface area contributed by atoms with Gasteiger partial charge in [-0.05, 0) is 40.8 Å². The summed E-state index contributed by atoms with van der Waals surface area (Å²) in [5, 5.41) is 15.2. The summed E-state index contributed by atoms with van der Waals surface area (Å²) in [6, 6.07) is 19.7. The Kier molecular flexibility index (Phi) is 4.99. The molecule has 8 heteroatoms. The summed E-state index contributed by atoms with van der Waals surface area (Å²) in [5.74, 6) is 0.508. The van der Waals surface area contributed by atoms with Gasteiger partial charge in [0.1, 0.15) is 11.5 Å². The monoisotopic (exact) mass is 391 g/mol. The Morgan fingerprint density at radius 3 is 2.68 bits per heavy atom. The normalized spacial score (nSPS) is 11.4. The second-order valence-corrected chi connectivity index (χ2v) is 6.23. The van der Waals surface area contributed by atoms with Crippen LogP contribution in [0, 0.1) is 0 Å². The number of anilines is 1. The first-order valence-electron chi connectivity index (χ1n) is 8.37. The lowest BCUT2D eigenvalue weighted by atomic mass is 10.2. The van der Waals surface area contributed by atoms with Crippen molar-refractivity contribution < 1.29 is 9.21 Å². The summed E-state index contributed by atoms with van der Waals surface area (Å²) in [5.41, 5.74) is 1.52. The molecule has 2 aromatic heterocycles. The average molecular weight is 392 g/mol. The van der Waals surface area contributed by atoms with Gasteiger partial charge in [0.05, 0.1) is 6.26 Å². The minimum Gasteiger partial charge on any atom is -0.465 e. The lowest BCUT2D eigenvalue weighted by molar-refractivity contribution is -0.111. The average Bonchev–Trinajstić information content (AvgIpc) is 3.38. The van der Waals surface area contributed by atoms with E-state index in [4.69, 9.17) is 16.0 Å². The molecule has 7 nitrogen and oxygen atoms in total. The molecule has 0 saturated heterocycles. The zero-order valence-corrected chi connectivity index (χ0v) is 15.2. The topological polar surface area (TPSA) is 85.8 Å². The Labute approximate surface area is 165 Å². The Balaban J connectivity index is 1.76. The van der Waals surface area contributed by atoms with Gasteiger partial charge >= 0.3 is 0 Å². The smallest absolute Gasteiger partial charge is 0.274 e. The van der Waals surface area contributed by atoms with Crippen LogP contribution in [0.2, 0.25) is 5.02 Å². The molecular formula is C20H14ClN5O2. The first-order chi connectivity index (χ1) is 13.7. The Morgan fingerprint density at radius 2 is 1.93 bits per heavy atom. The first-order valence-corrected chi connectivity index (χ1v) is 8.75. The molecule has 0 aliphatic carbocycles. The maximum atomic E-state index is 13.1. The second kappa shape index (κ2) is 7.89. The van der Waals surface area contributed by atoms with E-state index in [1.165, 1.54) is 10.9 Å². The van der Waals surface area contributed by atoms with E-state index in [2.05, 4.69) is 20.8 Å². The summed E-state index contributed by atoms with van der Waals surface area (Å²) >= 11 is 6.01. The number of carbonyl (C=O) groups excluding carboxylic acids is 1. The molecular weight excluding hydrogens is 378 g/mol.